The van der Waals surface area contributed by atoms with Crippen LogP contribution in [0.3, 0.4) is 0 Å². The molecule has 92 valence electrons. The Morgan fingerprint density at radius 2 is 1.81 bits per heavy atom. The summed E-state index contributed by atoms with van der Waals surface area (Å²) in [5, 5.41) is 0. The molecular formula is C10H18N2O3S. The molecule has 0 aromatic carbocycles. The van der Waals surface area contributed by atoms with Crippen molar-refractivity contribution in [3.05, 3.63) is 22.9 Å². The largest absolute Gasteiger partial charge is 0.328 e. The fourth-order valence-corrected chi connectivity index (χ4v) is 2.32. The molecule has 0 spiro atoms. The molecule has 0 aliphatic carbocycles. The minimum absolute atomic E-state index is 0.0728. The topological polar surface area (TPSA) is 61.1 Å². The summed E-state index contributed by atoms with van der Waals surface area (Å²) >= 11 is 0. The third-order valence-corrected chi connectivity index (χ3v) is 4.34. The number of hydrogen-bond acceptors (Lipinski definition) is 3. The summed E-state index contributed by atoms with van der Waals surface area (Å²) in [6.45, 7) is 4.63. The van der Waals surface area contributed by atoms with E-state index in [1.54, 1.807) is 28.5 Å². The van der Waals surface area contributed by atoms with Gasteiger partial charge in [0.15, 0.2) is 0 Å². The Hall–Kier alpha value is -1.04. The molecule has 1 heterocycles. The van der Waals surface area contributed by atoms with Gasteiger partial charge in [-0.05, 0) is 13.3 Å². The lowest BCUT2D eigenvalue weighted by Crippen LogP contribution is -2.24. The van der Waals surface area contributed by atoms with Crippen LogP contribution >= 0.6 is 0 Å². The summed E-state index contributed by atoms with van der Waals surface area (Å²) < 4.78 is 25.6. The summed E-state index contributed by atoms with van der Waals surface area (Å²) in [6.07, 6.45) is 3.91. The summed E-state index contributed by atoms with van der Waals surface area (Å²) in [5.41, 5.74) is -0.0728. The van der Waals surface area contributed by atoms with Gasteiger partial charge in [0.1, 0.15) is 9.84 Å². The van der Waals surface area contributed by atoms with E-state index in [0.717, 1.165) is 0 Å². The van der Waals surface area contributed by atoms with Gasteiger partial charge in [-0.1, -0.05) is 6.92 Å². The molecule has 0 unspecified atom stereocenters. The molecule has 0 bridgehead atoms. The molecule has 1 aromatic heterocycles. The number of nitrogens with zero attached hydrogens (tertiary/aromatic N) is 2. The van der Waals surface area contributed by atoms with Crippen molar-refractivity contribution in [2.24, 2.45) is 0 Å². The summed E-state index contributed by atoms with van der Waals surface area (Å²) in [6, 6.07) is 0. The van der Waals surface area contributed by atoms with E-state index in [9.17, 15) is 13.2 Å². The highest BCUT2D eigenvalue weighted by Gasteiger charge is 2.07. The Balaban J connectivity index is 2.56. The molecule has 16 heavy (non-hydrogen) atoms. The first-order valence-corrected chi connectivity index (χ1v) is 7.28. The molecule has 0 aliphatic heterocycles. The van der Waals surface area contributed by atoms with Gasteiger partial charge in [0.25, 0.3) is 0 Å². The summed E-state index contributed by atoms with van der Waals surface area (Å²) in [5.74, 6) is 0.311. The second-order valence-electron chi connectivity index (χ2n) is 3.65. The van der Waals surface area contributed by atoms with Gasteiger partial charge in [-0.15, -0.1) is 0 Å². The second-order valence-corrected chi connectivity index (χ2v) is 6.12. The van der Waals surface area contributed by atoms with Gasteiger partial charge in [0.2, 0.25) is 0 Å². The zero-order valence-corrected chi connectivity index (χ0v) is 10.5. The number of aryl methyl sites for hydroxylation is 2. The van der Waals surface area contributed by atoms with Gasteiger partial charge < -0.3 is 0 Å². The Morgan fingerprint density at radius 1 is 1.19 bits per heavy atom. The molecule has 0 amide bonds. The van der Waals surface area contributed by atoms with Crippen molar-refractivity contribution in [2.45, 2.75) is 33.4 Å². The summed E-state index contributed by atoms with van der Waals surface area (Å²) in [4.78, 5) is 11.6. The van der Waals surface area contributed by atoms with Crippen LogP contribution in [-0.4, -0.2) is 29.1 Å². The van der Waals surface area contributed by atoms with Gasteiger partial charge in [0, 0.05) is 31.2 Å². The highest BCUT2D eigenvalue weighted by Crippen LogP contribution is 1.96. The monoisotopic (exact) mass is 246 g/mol. The maximum Gasteiger partial charge on any atom is 0.328 e. The lowest BCUT2D eigenvalue weighted by atomic mass is 10.5. The first kappa shape index (κ1) is 13.0. The zero-order valence-electron chi connectivity index (χ0n) is 9.72. The zero-order chi connectivity index (χ0) is 12.2. The van der Waals surface area contributed by atoms with Crippen molar-refractivity contribution in [2.75, 3.05) is 11.5 Å². The molecule has 1 aromatic rings. The molecule has 0 saturated carbocycles. The van der Waals surface area contributed by atoms with Crippen molar-refractivity contribution in [3.8, 4) is 0 Å². The first-order chi connectivity index (χ1) is 7.50. The number of aromatic nitrogens is 2. The SMILES string of the molecule is CCn1ccn(CCCS(=O)(=O)CC)c1=O. The average Bonchev–Trinajstić information content (AvgIpc) is 2.60. The van der Waals surface area contributed by atoms with E-state index >= 15 is 0 Å². The minimum Gasteiger partial charge on any atom is -0.300 e. The Kier molecular flexibility index (Phi) is 4.35. The van der Waals surface area contributed by atoms with E-state index < -0.39 is 9.84 Å². The van der Waals surface area contributed by atoms with Crippen LogP contribution in [0, 0.1) is 0 Å². The van der Waals surface area contributed by atoms with Crippen LogP contribution in [0.1, 0.15) is 20.3 Å². The second kappa shape index (κ2) is 5.34. The van der Waals surface area contributed by atoms with E-state index in [-0.39, 0.29) is 17.2 Å². The lowest BCUT2D eigenvalue weighted by Gasteiger charge is -2.02. The van der Waals surface area contributed by atoms with Crippen molar-refractivity contribution in [1.82, 2.24) is 9.13 Å². The molecule has 6 heteroatoms. The highest BCUT2D eigenvalue weighted by molar-refractivity contribution is 7.91. The average molecular weight is 246 g/mol. The van der Waals surface area contributed by atoms with Crippen molar-refractivity contribution >= 4 is 9.84 Å². The van der Waals surface area contributed by atoms with Crippen molar-refractivity contribution in [1.29, 1.82) is 0 Å². The third-order valence-electron chi connectivity index (χ3n) is 2.55. The van der Waals surface area contributed by atoms with Crippen molar-refractivity contribution < 1.29 is 8.42 Å². The molecule has 0 aliphatic rings. The predicted molar refractivity (Wildman–Crippen MR) is 63.3 cm³/mol. The molecular weight excluding hydrogens is 228 g/mol. The molecule has 5 nitrogen and oxygen atoms in total. The number of imidazole rings is 1. The molecule has 0 atom stereocenters. The first-order valence-electron chi connectivity index (χ1n) is 5.46. The van der Waals surface area contributed by atoms with Crippen molar-refractivity contribution in [3.63, 3.8) is 0 Å². The lowest BCUT2D eigenvalue weighted by molar-refractivity contribution is 0.580. The molecule has 0 saturated heterocycles. The Morgan fingerprint density at radius 3 is 2.31 bits per heavy atom. The maximum absolute atomic E-state index is 11.6. The van der Waals surface area contributed by atoms with Crippen LogP contribution in [0.15, 0.2) is 17.2 Å². The van der Waals surface area contributed by atoms with E-state index in [2.05, 4.69) is 0 Å². The van der Waals surface area contributed by atoms with Gasteiger partial charge in [0.05, 0.1) is 5.75 Å². The molecule has 0 fully saturated rings. The van der Waals surface area contributed by atoms with E-state index in [4.69, 9.17) is 0 Å². The highest BCUT2D eigenvalue weighted by atomic mass is 32.2. The van der Waals surface area contributed by atoms with Crippen LogP contribution in [0.25, 0.3) is 0 Å². The van der Waals surface area contributed by atoms with Crippen LogP contribution in [0.2, 0.25) is 0 Å². The smallest absolute Gasteiger partial charge is 0.300 e. The fourth-order valence-electron chi connectivity index (χ4n) is 1.46. The molecule has 0 radical (unpaired) electrons. The minimum atomic E-state index is -2.92. The molecule has 0 N–H and O–H groups in total. The van der Waals surface area contributed by atoms with E-state index in [0.29, 0.717) is 19.5 Å². The predicted octanol–water partition coefficient (Wildman–Crippen LogP) is 0.494. The fraction of sp³-hybridized carbons (Fsp3) is 0.700. The van der Waals surface area contributed by atoms with Gasteiger partial charge in [-0.2, -0.15) is 0 Å². The number of sulfone groups is 1. The van der Waals surface area contributed by atoms with Gasteiger partial charge in [-0.3, -0.25) is 9.13 Å². The quantitative estimate of drug-likeness (QED) is 0.734. The van der Waals surface area contributed by atoms with Crippen LogP contribution in [-0.2, 0) is 22.9 Å². The van der Waals surface area contributed by atoms with Crippen LogP contribution in [0.5, 0.6) is 0 Å². The van der Waals surface area contributed by atoms with E-state index in [1.165, 1.54) is 0 Å². The van der Waals surface area contributed by atoms with Crippen LogP contribution < -0.4 is 5.69 Å². The number of rotatable bonds is 6. The van der Waals surface area contributed by atoms with Gasteiger partial charge in [-0.25, -0.2) is 13.2 Å². The normalized spacial score (nSPS) is 11.9. The maximum atomic E-state index is 11.6. The third kappa shape index (κ3) is 3.23. The molecule has 1 rings (SSSR count). The Bertz CT molecular complexity index is 484. The van der Waals surface area contributed by atoms with Gasteiger partial charge >= 0.3 is 5.69 Å². The summed E-state index contributed by atoms with van der Waals surface area (Å²) in [7, 11) is -2.92. The number of hydrogen-bond donors (Lipinski definition) is 0. The Labute approximate surface area is 95.6 Å². The van der Waals surface area contributed by atoms with E-state index in [1.807, 2.05) is 6.92 Å². The van der Waals surface area contributed by atoms with Crippen LogP contribution in [0.4, 0.5) is 0 Å². The standard InChI is InChI=1S/C10H18N2O3S/c1-3-11-7-8-12(10(11)13)6-5-9-16(14,15)4-2/h7-8H,3-6,9H2,1-2H3.